The molecule has 0 amide bonds. The summed E-state index contributed by atoms with van der Waals surface area (Å²) in [6.07, 6.45) is 46.8. The summed E-state index contributed by atoms with van der Waals surface area (Å²) in [6, 6.07) is 0. The number of hydrogen-bond donors (Lipinski definition) is 3. The first kappa shape index (κ1) is 57.2. The maximum absolute atomic E-state index is 12.7. The average molecular weight is 857 g/mol. The molecule has 0 spiro atoms. The Kier molecular flexibility index (Phi) is 42.9. The summed E-state index contributed by atoms with van der Waals surface area (Å²) in [6.45, 7) is 2.36. The number of phosphoric ester groups is 1. The van der Waals surface area contributed by atoms with Crippen molar-refractivity contribution in [1.82, 2.24) is 0 Å². The van der Waals surface area contributed by atoms with Gasteiger partial charge in [0.1, 0.15) is 12.7 Å². The summed E-state index contributed by atoms with van der Waals surface area (Å²) in [4.78, 5) is 35.1. The Morgan fingerprint density at radius 3 is 1.34 bits per heavy atom. The fourth-order valence-electron chi connectivity index (χ4n) is 6.57. The van der Waals surface area contributed by atoms with Gasteiger partial charge in [0.25, 0.3) is 0 Å². The third-order valence-corrected chi connectivity index (χ3v) is 11.2. The van der Waals surface area contributed by atoms with Crippen molar-refractivity contribution in [2.75, 3.05) is 26.4 Å². The monoisotopic (exact) mass is 857 g/mol. The third-order valence-electron chi connectivity index (χ3n) is 10.3. The van der Waals surface area contributed by atoms with Crippen LogP contribution in [0.5, 0.6) is 0 Å². The molecule has 1 unspecified atom stereocenters. The molecule has 0 aromatic rings. The normalized spacial score (nSPS) is 14.1. The minimum Gasteiger partial charge on any atom is -0.462 e. The fourth-order valence-corrected chi connectivity index (χ4v) is 7.36. The van der Waals surface area contributed by atoms with E-state index >= 15 is 0 Å². The van der Waals surface area contributed by atoms with E-state index in [-0.39, 0.29) is 19.4 Å². The number of unbranched alkanes of at least 4 members (excludes halogenated alkanes) is 26. The van der Waals surface area contributed by atoms with Gasteiger partial charge in [0.05, 0.1) is 19.8 Å². The number of carbonyl (C=O) groups is 2. The van der Waals surface area contributed by atoms with Gasteiger partial charge in [0.2, 0.25) is 0 Å². The van der Waals surface area contributed by atoms with E-state index in [1.54, 1.807) is 0 Å². The Labute approximate surface area is 361 Å². The molecule has 0 aliphatic carbocycles. The van der Waals surface area contributed by atoms with Crippen LogP contribution in [0.25, 0.3) is 0 Å². The predicted octanol–water partition coefficient (Wildman–Crippen LogP) is 13.1. The van der Waals surface area contributed by atoms with E-state index < -0.39 is 51.8 Å². The standard InChI is InChI=1S/C48H89O10P/c1-3-5-7-9-11-13-15-17-19-20-21-22-23-24-26-28-30-32-34-36-38-40-48(52)58-46(44-57-59(53,54)56-42-45(50)41-49)43-55-47(51)39-37-35-33-31-29-27-25-18-16-14-12-10-8-6-4-2/h14,16-19,25,45-46,49-50H,3-13,15,20-24,26-44H2,1-2H3,(H,53,54)/b16-14+,19-17+,25-18+/t45-,46+/m0/s1. The van der Waals surface area contributed by atoms with Crippen molar-refractivity contribution < 1.29 is 47.8 Å². The molecule has 0 heterocycles. The molecular weight excluding hydrogens is 767 g/mol. The van der Waals surface area contributed by atoms with Gasteiger partial charge < -0.3 is 24.6 Å². The van der Waals surface area contributed by atoms with Gasteiger partial charge in [0.15, 0.2) is 6.10 Å². The lowest BCUT2D eigenvalue weighted by molar-refractivity contribution is -0.161. The van der Waals surface area contributed by atoms with Gasteiger partial charge in [0, 0.05) is 12.8 Å². The Balaban J connectivity index is 4.22. The second-order valence-corrected chi connectivity index (χ2v) is 17.6. The number of allylic oxidation sites excluding steroid dienone is 6. The molecule has 0 rings (SSSR count). The van der Waals surface area contributed by atoms with Crippen LogP contribution < -0.4 is 0 Å². The zero-order valence-electron chi connectivity index (χ0n) is 37.7. The lowest BCUT2D eigenvalue weighted by Crippen LogP contribution is -2.29. The largest absolute Gasteiger partial charge is 0.472 e. The second-order valence-electron chi connectivity index (χ2n) is 16.2. The van der Waals surface area contributed by atoms with Crippen LogP contribution in [-0.4, -0.2) is 65.7 Å². The van der Waals surface area contributed by atoms with E-state index in [9.17, 15) is 24.2 Å². The molecule has 0 saturated heterocycles. The van der Waals surface area contributed by atoms with Crippen molar-refractivity contribution in [3.8, 4) is 0 Å². The maximum atomic E-state index is 12.7. The highest BCUT2D eigenvalue weighted by atomic mass is 31.2. The summed E-state index contributed by atoms with van der Waals surface area (Å²) >= 11 is 0. The maximum Gasteiger partial charge on any atom is 0.472 e. The first-order chi connectivity index (χ1) is 28.7. The first-order valence-electron chi connectivity index (χ1n) is 24.0. The second kappa shape index (κ2) is 44.3. The zero-order valence-corrected chi connectivity index (χ0v) is 38.6. The zero-order chi connectivity index (χ0) is 43.3. The van der Waals surface area contributed by atoms with Gasteiger partial charge in [-0.15, -0.1) is 0 Å². The van der Waals surface area contributed by atoms with Crippen LogP contribution in [0.4, 0.5) is 0 Å². The van der Waals surface area contributed by atoms with Gasteiger partial charge in [-0.1, -0.05) is 179 Å². The lowest BCUT2D eigenvalue weighted by Gasteiger charge is -2.20. The van der Waals surface area contributed by atoms with E-state index in [4.69, 9.17) is 23.6 Å². The molecule has 0 bridgehead atoms. The number of aliphatic hydroxyl groups excluding tert-OH is 2. The van der Waals surface area contributed by atoms with Crippen LogP contribution in [0.3, 0.4) is 0 Å². The number of phosphoric acid groups is 1. The number of esters is 2. The smallest absolute Gasteiger partial charge is 0.462 e. The minimum atomic E-state index is -4.62. The SMILES string of the molecule is CCCCCC/C=C/C=C/CCCCCCCC(=O)OC[C@H](COP(=O)(O)OC[C@@H](O)CO)OC(=O)CCCCCCCCCCCCC/C=C/CCCCCCCC. The van der Waals surface area contributed by atoms with E-state index in [1.165, 1.54) is 122 Å². The highest BCUT2D eigenvalue weighted by Crippen LogP contribution is 2.43. The number of rotatable bonds is 45. The van der Waals surface area contributed by atoms with Gasteiger partial charge in [-0.3, -0.25) is 18.6 Å². The Hall–Kier alpha value is -1.81. The van der Waals surface area contributed by atoms with Crippen molar-refractivity contribution in [1.29, 1.82) is 0 Å². The van der Waals surface area contributed by atoms with Gasteiger partial charge in [-0.05, 0) is 64.2 Å². The average Bonchev–Trinajstić information content (AvgIpc) is 3.22. The molecular formula is C48H89O10P. The van der Waals surface area contributed by atoms with E-state index in [1.807, 2.05) is 0 Å². The molecule has 0 saturated carbocycles. The third kappa shape index (κ3) is 44.1. The highest BCUT2D eigenvalue weighted by molar-refractivity contribution is 7.47. The van der Waals surface area contributed by atoms with Crippen LogP contribution in [0.1, 0.15) is 219 Å². The molecule has 3 N–H and O–H groups in total. The molecule has 3 atom stereocenters. The number of aliphatic hydroxyl groups is 2. The van der Waals surface area contributed by atoms with Gasteiger partial charge in [-0.2, -0.15) is 0 Å². The van der Waals surface area contributed by atoms with Crippen molar-refractivity contribution in [3.05, 3.63) is 36.5 Å². The number of ether oxygens (including phenoxy) is 2. The molecule has 0 aromatic heterocycles. The van der Waals surface area contributed by atoms with Gasteiger partial charge in [-0.25, -0.2) is 4.57 Å². The van der Waals surface area contributed by atoms with Crippen molar-refractivity contribution in [2.24, 2.45) is 0 Å². The van der Waals surface area contributed by atoms with E-state index in [2.05, 4.69) is 50.3 Å². The Morgan fingerprint density at radius 1 is 0.508 bits per heavy atom. The molecule has 0 aliphatic rings. The molecule has 10 nitrogen and oxygen atoms in total. The lowest BCUT2D eigenvalue weighted by atomic mass is 10.0. The quantitative estimate of drug-likeness (QED) is 0.0178. The van der Waals surface area contributed by atoms with Gasteiger partial charge >= 0.3 is 19.8 Å². The molecule has 0 fully saturated rings. The summed E-state index contributed by atoms with van der Waals surface area (Å²) in [7, 11) is -4.62. The summed E-state index contributed by atoms with van der Waals surface area (Å²) in [5.41, 5.74) is 0. The minimum absolute atomic E-state index is 0.181. The van der Waals surface area contributed by atoms with Crippen LogP contribution >= 0.6 is 7.82 Å². The Bertz CT molecular complexity index is 1080. The Morgan fingerprint density at radius 2 is 0.881 bits per heavy atom. The highest BCUT2D eigenvalue weighted by Gasteiger charge is 2.27. The number of hydrogen-bond acceptors (Lipinski definition) is 9. The fraction of sp³-hybridized carbons (Fsp3) is 0.833. The molecule has 59 heavy (non-hydrogen) atoms. The topological polar surface area (TPSA) is 149 Å². The first-order valence-corrected chi connectivity index (χ1v) is 25.5. The molecule has 0 aromatic carbocycles. The summed E-state index contributed by atoms with van der Waals surface area (Å²) in [5, 5.41) is 18.4. The van der Waals surface area contributed by atoms with Crippen molar-refractivity contribution in [2.45, 2.75) is 232 Å². The van der Waals surface area contributed by atoms with Crippen LogP contribution in [-0.2, 0) is 32.7 Å². The number of carbonyl (C=O) groups excluding carboxylic acids is 2. The summed E-state index contributed by atoms with van der Waals surface area (Å²) in [5.74, 6) is -0.938. The predicted molar refractivity (Wildman–Crippen MR) is 242 cm³/mol. The van der Waals surface area contributed by atoms with Crippen LogP contribution in [0.2, 0.25) is 0 Å². The van der Waals surface area contributed by atoms with Crippen LogP contribution in [0, 0.1) is 0 Å². The molecule has 346 valence electrons. The van der Waals surface area contributed by atoms with Crippen molar-refractivity contribution in [3.63, 3.8) is 0 Å². The van der Waals surface area contributed by atoms with E-state index in [0.29, 0.717) is 12.8 Å². The summed E-state index contributed by atoms with van der Waals surface area (Å²) < 4.78 is 32.8. The van der Waals surface area contributed by atoms with Crippen molar-refractivity contribution >= 4 is 19.8 Å². The molecule has 0 aliphatic heterocycles. The molecule has 11 heteroatoms. The van der Waals surface area contributed by atoms with Crippen LogP contribution in [0.15, 0.2) is 36.5 Å². The van der Waals surface area contributed by atoms with E-state index in [0.717, 1.165) is 57.8 Å². The molecule has 0 radical (unpaired) electrons.